The maximum Gasteiger partial charge on any atom is 0.236 e. The maximum atomic E-state index is 13.7. The van der Waals surface area contributed by atoms with Crippen LogP contribution in [0.3, 0.4) is 0 Å². The van der Waals surface area contributed by atoms with Gasteiger partial charge in [0.05, 0.1) is 6.04 Å². The number of benzene rings is 3. The molecule has 0 radical (unpaired) electrons. The largest absolute Gasteiger partial charge is 0.467 e. The van der Waals surface area contributed by atoms with E-state index in [4.69, 9.17) is 40.2 Å². The third kappa shape index (κ3) is 3.97. The van der Waals surface area contributed by atoms with Gasteiger partial charge in [0.15, 0.2) is 10.8 Å². The van der Waals surface area contributed by atoms with Crippen LogP contribution in [0.2, 0.25) is 10.0 Å². The summed E-state index contributed by atoms with van der Waals surface area (Å²) in [6.07, 6.45) is 0. The van der Waals surface area contributed by atoms with Gasteiger partial charge in [0, 0.05) is 31.5 Å². The van der Waals surface area contributed by atoms with Crippen molar-refractivity contribution in [2.45, 2.75) is 18.7 Å². The molecule has 0 saturated carbocycles. The highest BCUT2D eigenvalue weighted by Gasteiger charge is 2.59. The molecule has 3 atom stereocenters. The fourth-order valence-corrected chi connectivity index (χ4v) is 5.53. The van der Waals surface area contributed by atoms with E-state index in [0.717, 1.165) is 15.7 Å². The minimum atomic E-state index is -1.10. The first kappa shape index (κ1) is 22.5. The number of amides is 1. The summed E-state index contributed by atoms with van der Waals surface area (Å²) in [5.74, 6) is -0.156. The average Bonchev–Trinajstić information content (AvgIpc) is 2.77. The zero-order chi connectivity index (χ0) is 23.3. The Morgan fingerprint density at radius 1 is 1.09 bits per heavy atom. The summed E-state index contributed by atoms with van der Waals surface area (Å²) >= 11 is 21.4. The summed E-state index contributed by atoms with van der Waals surface area (Å²) < 4.78 is 7.45. The first-order valence-electron chi connectivity index (χ1n) is 10.2. The fourth-order valence-electron chi connectivity index (χ4n) is 4.49. The van der Waals surface area contributed by atoms with Crippen LogP contribution in [-0.4, -0.2) is 16.7 Å². The molecule has 1 amide bonds. The van der Waals surface area contributed by atoms with Crippen LogP contribution < -0.4 is 20.3 Å². The lowest BCUT2D eigenvalue weighted by Gasteiger charge is -2.56. The van der Waals surface area contributed by atoms with Crippen molar-refractivity contribution in [1.82, 2.24) is 5.32 Å². The van der Waals surface area contributed by atoms with Crippen molar-refractivity contribution in [2.24, 2.45) is 5.92 Å². The predicted octanol–water partition coefficient (Wildman–Crippen LogP) is 6.56. The number of thiocarbonyl (C=S) groups is 1. The number of carbonyl (C=O) groups is 1. The Morgan fingerprint density at radius 3 is 2.39 bits per heavy atom. The molecule has 1 fully saturated rings. The molecule has 2 N–H and O–H groups in total. The van der Waals surface area contributed by atoms with E-state index in [1.807, 2.05) is 42.2 Å². The number of hydrogen-bond acceptors (Lipinski definition) is 3. The van der Waals surface area contributed by atoms with Gasteiger partial charge in [-0.15, -0.1) is 0 Å². The summed E-state index contributed by atoms with van der Waals surface area (Å²) in [7, 11) is 0. The lowest BCUT2D eigenvalue weighted by atomic mass is 9.78. The molecule has 5 nitrogen and oxygen atoms in total. The zero-order valence-corrected chi connectivity index (χ0v) is 21.2. The van der Waals surface area contributed by atoms with Gasteiger partial charge in [-0.3, -0.25) is 9.69 Å². The van der Waals surface area contributed by atoms with E-state index in [1.165, 1.54) is 0 Å². The molecule has 0 aliphatic carbocycles. The highest BCUT2D eigenvalue weighted by molar-refractivity contribution is 9.10. The number of anilines is 2. The maximum absolute atomic E-state index is 13.7. The molecule has 3 aromatic rings. The Labute approximate surface area is 215 Å². The minimum absolute atomic E-state index is 0.204. The molecule has 0 spiro atoms. The van der Waals surface area contributed by atoms with Crippen molar-refractivity contribution in [3.05, 3.63) is 86.8 Å². The first-order valence-corrected chi connectivity index (χ1v) is 12.1. The summed E-state index contributed by atoms with van der Waals surface area (Å²) in [6.45, 7) is 1.89. The van der Waals surface area contributed by atoms with Gasteiger partial charge in [0.1, 0.15) is 11.7 Å². The van der Waals surface area contributed by atoms with Crippen LogP contribution >= 0.6 is 51.3 Å². The Kier molecular flexibility index (Phi) is 5.77. The van der Waals surface area contributed by atoms with E-state index in [9.17, 15) is 4.79 Å². The van der Waals surface area contributed by atoms with Gasteiger partial charge in [-0.2, -0.15) is 0 Å². The van der Waals surface area contributed by atoms with E-state index in [1.54, 1.807) is 36.4 Å². The lowest BCUT2D eigenvalue weighted by Crippen LogP contribution is -2.72. The second-order valence-electron chi connectivity index (χ2n) is 8.05. The summed E-state index contributed by atoms with van der Waals surface area (Å²) in [5.41, 5.74) is 1.17. The van der Waals surface area contributed by atoms with Gasteiger partial charge in [0.2, 0.25) is 5.91 Å². The SMILES string of the molecule is C[C@]12Oc3ccc(Br)cc3[C@H](NC(=S)N1c1ccc(Cl)cc1)[C@@H]2C(=O)Nc1ccc(Cl)cc1. The number of nitrogens with one attached hydrogen (secondary N) is 2. The topological polar surface area (TPSA) is 53.6 Å². The molecule has 5 rings (SSSR count). The van der Waals surface area contributed by atoms with E-state index in [2.05, 4.69) is 26.6 Å². The highest BCUT2D eigenvalue weighted by atomic mass is 79.9. The molecule has 2 aliphatic rings. The average molecular weight is 563 g/mol. The first-order chi connectivity index (χ1) is 15.8. The molecule has 2 bridgehead atoms. The number of hydrogen-bond donors (Lipinski definition) is 2. The molecule has 33 heavy (non-hydrogen) atoms. The molecule has 0 unspecified atom stereocenters. The molecule has 2 aliphatic heterocycles. The van der Waals surface area contributed by atoms with Crippen LogP contribution in [-0.2, 0) is 4.79 Å². The van der Waals surface area contributed by atoms with Crippen molar-refractivity contribution in [3.8, 4) is 5.75 Å². The van der Waals surface area contributed by atoms with E-state index >= 15 is 0 Å². The van der Waals surface area contributed by atoms with Crippen LogP contribution in [0, 0.1) is 5.92 Å². The van der Waals surface area contributed by atoms with Crippen molar-refractivity contribution in [2.75, 3.05) is 10.2 Å². The molecular formula is C24H18BrCl2N3O2S. The Bertz CT molecular complexity index is 1260. The smallest absolute Gasteiger partial charge is 0.236 e. The van der Waals surface area contributed by atoms with Gasteiger partial charge >= 0.3 is 0 Å². The summed E-state index contributed by atoms with van der Waals surface area (Å²) in [4.78, 5) is 15.6. The Morgan fingerprint density at radius 2 is 1.73 bits per heavy atom. The third-order valence-corrected chi connectivity index (χ3v) is 7.24. The monoisotopic (exact) mass is 561 g/mol. The molecule has 3 aromatic carbocycles. The molecule has 1 saturated heterocycles. The third-order valence-electron chi connectivity index (χ3n) is 5.94. The summed E-state index contributed by atoms with van der Waals surface area (Å²) in [6, 6.07) is 19.7. The van der Waals surface area contributed by atoms with E-state index in [-0.39, 0.29) is 11.9 Å². The lowest BCUT2D eigenvalue weighted by molar-refractivity contribution is -0.130. The van der Waals surface area contributed by atoms with Crippen LogP contribution in [0.25, 0.3) is 0 Å². The van der Waals surface area contributed by atoms with Crippen molar-refractivity contribution in [1.29, 1.82) is 0 Å². The fraction of sp³-hybridized carbons (Fsp3) is 0.167. The number of carbonyl (C=O) groups excluding carboxylic acids is 1. The second-order valence-corrected chi connectivity index (χ2v) is 10.2. The Hall–Kier alpha value is -2.32. The standard InChI is InChI=1S/C24H18BrCl2N3O2S/c1-24-20(22(31)28-16-7-3-14(26)4-8-16)21(18-12-13(25)2-11-19(18)32-24)29-23(33)30(24)17-9-5-15(27)6-10-17/h2-12,20-21H,1H3,(H,28,31)(H,29,33)/t20-,21+,24-/m1/s1. The number of rotatable bonds is 3. The number of nitrogens with zero attached hydrogens (tertiary/aromatic N) is 1. The number of fused-ring (bicyclic) bond motifs is 4. The van der Waals surface area contributed by atoms with Crippen molar-refractivity contribution in [3.63, 3.8) is 0 Å². The quantitative estimate of drug-likeness (QED) is 0.354. The highest BCUT2D eigenvalue weighted by Crippen LogP contribution is 2.50. The van der Waals surface area contributed by atoms with Gasteiger partial charge < -0.3 is 15.4 Å². The molecular weight excluding hydrogens is 545 g/mol. The van der Waals surface area contributed by atoms with Crippen LogP contribution in [0.4, 0.5) is 11.4 Å². The van der Waals surface area contributed by atoms with E-state index in [0.29, 0.717) is 26.6 Å². The normalized spacial score (nSPS) is 23.3. The van der Waals surface area contributed by atoms with E-state index < -0.39 is 11.6 Å². The molecule has 2 heterocycles. The van der Waals surface area contributed by atoms with Crippen LogP contribution in [0.15, 0.2) is 71.2 Å². The van der Waals surface area contributed by atoms with Crippen molar-refractivity contribution >= 4 is 73.7 Å². The molecule has 0 aromatic heterocycles. The van der Waals surface area contributed by atoms with Crippen LogP contribution in [0.1, 0.15) is 18.5 Å². The summed E-state index contributed by atoms with van der Waals surface area (Å²) in [5, 5.41) is 8.07. The zero-order valence-electron chi connectivity index (χ0n) is 17.3. The number of ether oxygens (including phenoxy) is 1. The minimum Gasteiger partial charge on any atom is -0.467 e. The predicted molar refractivity (Wildman–Crippen MR) is 139 cm³/mol. The van der Waals surface area contributed by atoms with Gasteiger partial charge in [0.25, 0.3) is 0 Å². The van der Waals surface area contributed by atoms with Crippen LogP contribution in [0.5, 0.6) is 5.75 Å². The number of halogens is 3. The van der Waals surface area contributed by atoms with Gasteiger partial charge in [-0.05, 0) is 85.9 Å². The second kappa shape index (κ2) is 8.47. The molecule has 168 valence electrons. The Balaban J connectivity index is 1.62. The van der Waals surface area contributed by atoms with Gasteiger partial charge in [-0.25, -0.2) is 0 Å². The van der Waals surface area contributed by atoms with Crippen molar-refractivity contribution < 1.29 is 9.53 Å². The molecule has 9 heteroatoms. The van der Waals surface area contributed by atoms with Gasteiger partial charge in [-0.1, -0.05) is 39.1 Å².